The van der Waals surface area contributed by atoms with Gasteiger partial charge in [-0.25, -0.2) is 13.2 Å². The van der Waals surface area contributed by atoms with E-state index >= 15 is 0 Å². The Bertz CT molecular complexity index is 475. The first-order valence-corrected chi connectivity index (χ1v) is 5.32. The number of nitrogens with one attached hydrogen (secondary N) is 1. The highest BCUT2D eigenvalue weighted by Crippen LogP contribution is 2.48. The lowest BCUT2D eigenvalue weighted by Gasteiger charge is -2.14. The van der Waals surface area contributed by atoms with E-state index in [1.807, 2.05) is 0 Å². The van der Waals surface area contributed by atoms with E-state index in [1.54, 1.807) is 0 Å². The van der Waals surface area contributed by atoms with Crippen molar-refractivity contribution in [2.24, 2.45) is 5.41 Å². The van der Waals surface area contributed by atoms with E-state index in [2.05, 4.69) is 11.4 Å². The molecule has 0 radical (unpaired) electrons. The second-order valence-corrected chi connectivity index (χ2v) is 4.43. The molecule has 1 N–H and O–H groups in total. The maximum atomic E-state index is 13.3. The van der Waals surface area contributed by atoms with Crippen molar-refractivity contribution in [1.29, 1.82) is 5.26 Å². The highest BCUT2D eigenvalue weighted by atomic mass is 19.2. The van der Waals surface area contributed by atoms with Gasteiger partial charge in [0, 0.05) is 30.5 Å². The van der Waals surface area contributed by atoms with Crippen molar-refractivity contribution < 1.29 is 13.2 Å². The van der Waals surface area contributed by atoms with E-state index in [1.165, 1.54) is 0 Å². The lowest BCUT2D eigenvalue weighted by atomic mass is 10.0. The van der Waals surface area contributed by atoms with Crippen LogP contribution in [0.1, 0.15) is 19.3 Å². The maximum absolute atomic E-state index is 13.3. The standard InChI is InChI=1S/C12H11F3N2/c13-8-5-10(15)11(6-9(8)14)17-7-12(1-2-12)3-4-16/h5-6,17H,1-3,7H2. The van der Waals surface area contributed by atoms with Gasteiger partial charge < -0.3 is 5.32 Å². The average molecular weight is 240 g/mol. The largest absolute Gasteiger partial charge is 0.382 e. The van der Waals surface area contributed by atoms with Gasteiger partial charge in [0.1, 0.15) is 5.82 Å². The second-order valence-electron chi connectivity index (χ2n) is 4.43. The van der Waals surface area contributed by atoms with Crippen LogP contribution in [0.25, 0.3) is 0 Å². The lowest BCUT2D eigenvalue weighted by Crippen LogP contribution is -2.15. The number of benzene rings is 1. The molecule has 0 bridgehead atoms. The lowest BCUT2D eigenvalue weighted by molar-refractivity contribution is 0.494. The van der Waals surface area contributed by atoms with Crippen molar-refractivity contribution in [3.63, 3.8) is 0 Å². The SMILES string of the molecule is N#CCC1(CNc2cc(F)c(F)cc2F)CC1. The number of nitrogens with zero attached hydrogens (tertiary/aromatic N) is 1. The third-order valence-corrected chi connectivity index (χ3v) is 3.07. The molecule has 2 nitrogen and oxygen atoms in total. The molecule has 1 saturated carbocycles. The molecular weight excluding hydrogens is 229 g/mol. The average Bonchev–Trinajstić information content (AvgIpc) is 3.03. The summed E-state index contributed by atoms with van der Waals surface area (Å²) >= 11 is 0. The zero-order valence-corrected chi connectivity index (χ0v) is 9.06. The van der Waals surface area contributed by atoms with Gasteiger partial charge >= 0.3 is 0 Å². The summed E-state index contributed by atoms with van der Waals surface area (Å²) in [5, 5.41) is 11.3. The quantitative estimate of drug-likeness (QED) is 0.820. The second kappa shape index (κ2) is 4.28. The Hall–Kier alpha value is -1.70. The molecule has 0 aliphatic heterocycles. The fourth-order valence-corrected chi connectivity index (χ4v) is 1.70. The molecule has 1 aliphatic carbocycles. The van der Waals surface area contributed by atoms with E-state index < -0.39 is 17.5 Å². The van der Waals surface area contributed by atoms with Crippen LogP contribution in [-0.2, 0) is 0 Å². The summed E-state index contributed by atoms with van der Waals surface area (Å²) in [4.78, 5) is 0. The molecule has 0 spiro atoms. The minimum atomic E-state index is -1.20. The predicted octanol–water partition coefficient (Wildman–Crippen LogP) is 3.21. The van der Waals surface area contributed by atoms with Crippen LogP contribution >= 0.6 is 0 Å². The number of hydrogen-bond acceptors (Lipinski definition) is 2. The summed E-state index contributed by atoms with van der Waals surface area (Å²) < 4.78 is 38.9. The van der Waals surface area contributed by atoms with Crippen LogP contribution < -0.4 is 5.32 Å². The Morgan fingerprint density at radius 1 is 1.18 bits per heavy atom. The van der Waals surface area contributed by atoms with E-state index in [0.717, 1.165) is 18.9 Å². The Kier molecular flexibility index (Phi) is 2.97. The Balaban J connectivity index is 2.05. The molecule has 1 aliphatic rings. The zero-order chi connectivity index (χ0) is 12.5. The van der Waals surface area contributed by atoms with Gasteiger partial charge in [-0.3, -0.25) is 0 Å². The Labute approximate surface area is 97.1 Å². The number of anilines is 1. The number of rotatable bonds is 4. The van der Waals surface area contributed by atoms with E-state index in [-0.39, 0.29) is 11.1 Å². The normalized spacial score (nSPS) is 16.4. The Morgan fingerprint density at radius 2 is 1.82 bits per heavy atom. The van der Waals surface area contributed by atoms with Gasteiger partial charge in [-0.15, -0.1) is 0 Å². The molecule has 0 unspecified atom stereocenters. The molecule has 0 heterocycles. The molecule has 1 fully saturated rings. The minimum absolute atomic E-state index is 0.0619. The van der Waals surface area contributed by atoms with Crippen molar-refractivity contribution in [3.05, 3.63) is 29.6 Å². The summed E-state index contributed by atoms with van der Waals surface area (Å²) in [6, 6.07) is 3.39. The maximum Gasteiger partial charge on any atom is 0.161 e. The number of nitriles is 1. The first-order valence-electron chi connectivity index (χ1n) is 5.32. The summed E-state index contributed by atoms with van der Waals surface area (Å²) in [5.41, 5.74) is -0.181. The third-order valence-electron chi connectivity index (χ3n) is 3.07. The van der Waals surface area contributed by atoms with Crippen molar-refractivity contribution in [2.45, 2.75) is 19.3 Å². The van der Waals surface area contributed by atoms with Gasteiger partial charge in [-0.05, 0) is 12.8 Å². The van der Waals surface area contributed by atoms with Crippen LogP contribution in [0.15, 0.2) is 12.1 Å². The van der Waals surface area contributed by atoms with Crippen molar-refractivity contribution in [3.8, 4) is 6.07 Å². The predicted molar refractivity (Wildman–Crippen MR) is 56.7 cm³/mol. The first kappa shape index (κ1) is 11.8. The van der Waals surface area contributed by atoms with Gasteiger partial charge in [0.05, 0.1) is 11.8 Å². The zero-order valence-electron chi connectivity index (χ0n) is 9.06. The van der Waals surface area contributed by atoms with Crippen LogP contribution in [0.2, 0.25) is 0 Å². The van der Waals surface area contributed by atoms with Crippen LogP contribution in [0, 0.1) is 34.2 Å². The number of halogens is 3. The highest BCUT2D eigenvalue weighted by Gasteiger charge is 2.42. The topological polar surface area (TPSA) is 35.8 Å². The summed E-state index contributed by atoms with van der Waals surface area (Å²) in [5.74, 6) is -3.11. The summed E-state index contributed by atoms with van der Waals surface area (Å²) in [6.07, 6.45) is 2.20. The molecular formula is C12H11F3N2. The fourth-order valence-electron chi connectivity index (χ4n) is 1.70. The monoisotopic (exact) mass is 240 g/mol. The molecule has 5 heteroatoms. The van der Waals surface area contributed by atoms with Gasteiger partial charge in [-0.1, -0.05) is 0 Å². The molecule has 17 heavy (non-hydrogen) atoms. The molecule has 0 aromatic heterocycles. The third kappa shape index (κ3) is 2.52. The smallest absolute Gasteiger partial charge is 0.161 e. The fraction of sp³-hybridized carbons (Fsp3) is 0.417. The van der Waals surface area contributed by atoms with Crippen LogP contribution in [-0.4, -0.2) is 6.54 Å². The van der Waals surface area contributed by atoms with E-state index in [0.29, 0.717) is 19.0 Å². The van der Waals surface area contributed by atoms with E-state index in [9.17, 15) is 13.2 Å². The molecule has 0 atom stereocenters. The van der Waals surface area contributed by atoms with Crippen LogP contribution in [0.4, 0.5) is 18.9 Å². The molecule has 2 rings (SSSR count). The van der Waals surface area contributed by atoms with Gasteiger partial charge in [0.25, 0.3) is 0 Å². The van der Waals surface area contributed by atoms with Crippen molar-refractivity contribution >= 4 is 5.69 Å². The van der Waals surface area contributed by atoms with Crippen LogP contribution in [0.3, 0.4) is 0 Å². The molecule has 0 amide bonds. The molecule has 1 aromatic carbocycles. The number of hydrogen-bond donors (Lipinski definition) is 1. The molecule has 1 aromatic rings. The van der Waals surface area contributed by atoms with Gasteiger partial charge in [-0.2, -0.15) is 5.26 Å². The Morgan fingerprint density at radius 3 is 2.41 bits per heavy atom. The van der Waals surface area contributed by atoms with Crippen LogP contribution in [0.5, 0.6) is 0 Å². The first-order chi connectivity index (χ1) is 8.06. The summed E-state index contributed by atoms with van der Waals surface area (Å²) in [7, 11) is 0. The minimum Gasteiger partial charge on any atom is -0.382 e. The van der Waals surface area contributed by atoms with Gasteiger partial charge in [0.2, 0.25) is 0 Å². The molecule has 0 saturated heterocycles. The van der Waals surface area contributed by atoms with Crippen molar-refractivity contribution in [2.75, 3.05) is 11.9 Å². The van der Waals surface area contributed by atoms with Gasteiger partial charge in [0.15, 0.2) is 11.6 Å². The molecule has 90 valence electrons. The summed E-state index contributed by atoms with van der Waals surface area (Å²) in [6.45, 7) is 0.405. The van der Waals surface area contributed by atoms with Crippen molar-refractivity contribution in [1.82, 2.24) is 0 Å². The highest BCUT2D eigenvalue weighted by molar-refractivity contribution is 5.45. The van der Waals surface area contributed by atoms with E-state index in [4.69, 9.17) is 5.26 Å².